The predicted molar refractivity (Wildman–Crippen MR) is 53.1 cm³/mol. The molecule has 1 rings (SSSR count). The topological polar surface area (TPSA) is 43.4 Å². The zero-order valence-corrected chi connectivity index (χ0v) is 9.22. The molecule has 7 heteroatoms. The van der Waals surface area contributed by atoms with Gasteiger partial charge in [0.1, 0.15) is 5.75 Å². The Balaban J connectivity index is 2.95. The van der Waals surface area contributed by atoms with E-state index < -0.39 is 17.9 Å². The van der Waals surface area contributed by atoms with Gasteiger partial charge in [0.25, 0.3) is 0 Å². The lowest BCUT2D eigenvalue weighted by Gasteiger charge is -2.08. The Kier molecular flexibility index (Phi) is 3.77. The maximum Gasteiger partial charge on any atom is 0.491 e. The van der Waals surface area contributed by atoms with Crippen molar-refractivity contribution in [2.45, 2.75) is 13.1 Å². The maximum absolute atomic E-state index is 11.9. The molecule has 0 saturated carbocycles. The minimum atomic E-state index is -5.09. The van der Waals surface area contributed by atoms with Gasteiger partial charge in [-0.25, -0.2) is 4.79 Å². The summed E-state index contributed by atoms with van der Waals surface area (Å²) in [4.78, 5) is 21.5. The Morgan fingerprint density at radius 2 is 1.88 bits per heavy atom. The number of carbonyl (C=O) groups is 2. The zero-order valence-electron chi connectivity index (χ0n) is 8.47. The summed E-state index contributed by atoms with van der Waals surface area (Å²) in [5.74, 6) is -3.12. The third-order valence-electron chi connectivity index (χ3n) is 1.77. The molecule has 0 N–H and O–H groups in total. The number of rotatable bonds is 2. The molecule has 0 aromatic heterocycles. The van der Waals surface area contributed by atoms with Crippen LogP contribution >= 0.6 is 11.6 Å². The van der Waals surface area contributed by atoms with Crippen LogP contribution in [0, 0.1) is 0 Å². The number of ether oxygens (including phenoxy) is 1. The number of hydrogen-bond acceptors (Lipinski definition) is 3. The highest BCUT2D eigenvalue weighted by Crippen LogP contribution is 2.28. The number of alkyl halides is 3. The van der Waals surface area contributed by atoms with Crippen molar-refractivity contribution in [3.8, 4) is 5.75 Å². The van der Waals surface area contributed by atoms with E-state index in [0.717, 1.165) is 12.1 Å². The molecule has 0 saturated heterocycles. The van der Waals surface area contributed by atoms with Crippen molar-refractivity contribution in [1.29, 1.82) is 0 Å². The van der Waals surface area contributed by atoms with Gasteiger partial charge in [0, 0.05) is 5.56 Å². The van der Waals surface area contributed by atoms with Crippen molar-refractivity contribution in [2.75, 3.05) is 0 Å². The molecule has 17 heavy (non-hydrogen) atoms. The average molecular weight is 267 g/mol. The van der Waals surface area contributed by atoms with Crippen LogP contribution in [-0.2, 0) is 4.79 Å². The lowest BCUT2D eigenvalue weighted by Crippen LogP contribution is -2.28. The number of carbonyl (C=O) groups excluding carboxylic acids is 2. The van der Waals surface area contributed by atoms with Gasteiger partial charge in [0.2, 0.25) is 0 Å². The van der Waals surface area contributed by atoms with Gasteiger partial charge >= 0.3 is 12.1 Å². The molecule has 3 nitrogen and oxygen atoms in total. The van der Waals surface area contributed by atoms with E-state index in [1.807, 2.05) is 0 Å². The molecule has 1 aromatic carbocycles. The van der Waals surface area contributed by atoms with E-state index in [-0.39, 0.29) is 16.4 Å². The van der Waals surface area contributed by atoms with Crippen molar-refractivity contribution >= 4 is 23.4 Å². The first-order valence-corrected chi connectivity index (χ1v) is 4.69. The van der Waals surface area contributed by atoms with Gasteiger partial charge in [-0.1, -0.05) is 11.6 Å². The summed E-state index contributed by atoms with van der Waals surface area (Å²) in [6, 6.07) is 3.37. The molecule has 0 unspecified atom stereocenters. The summed E-state index contributed by atoms with van der Waals surface area (Å²) in [5.41, 5.74) is 0.210. The van der Waals surface area contributed by atoms with Gasteiger partial charge in [-0.05, 0) is 25.1 Å². The van der Waals surface area contributed by atoms with Gasteiger partial charge in [-0.2, -0.15) is 13.2 Å². The van der Waals surface area contributed by atoms with E-state index in [0.29, 0.717) is 0 Å². The third-order valence-corrected chi connectivity index (χ3v) is 2.07. The molecular formula is C10H6ClF3O3. The molecular weight excluding hydrogens is 261 g/mol. The Morgan fingerprint density at radius 3 is 2.29 bits per heavy atom. The fraction of sp³-hybridized carbons (Fsp3) is 0.200. The van der Waals surface area contributed by atoms with Crippen molar-refractivity contribution < 1.29 is 27.5 Å². The predicted octanol–water partition coefficient (Wildman–Crippen LogP) is 3.01. The molecule has 0 aliphatic rings. The van der Waals surface area contributed by atoms with Crippen LogP contribution in [0.2, 0.25) is 5.02 Å². The normalized spacial score (nSPS) is 11.1. The monoisotopic (exact) mass is 266 g/mol. The number of Topliss-reactive ketones (excluding diaryl/α,β-unsaturated/α-hetero) is 1. The molecule has 1 aromatic rings. The minimum Gasteiger partial charge on any atom is -0.418 e. The fourth-order valence-electron chi connectivity index (χ4n) is 0.960. The second kappa shape index (κ2) is 4.75. The summed E-state index contributed by atoms with van der Waals surface area (Å²) in [5, 5.41) is -0.240. The van der Waals surface area contributed by atoms with Crippen molar-refractivity contribution in [2.24, 2.45) is 0 Å². The summed E-state index contributed by atoms with van der Waals surface area (Å²) >= 11 is 5.57. The van der Waals surface area contributed by atoms with Crippen LogP contribution in [-0.4, -0.2) is 17.9 Å². The van der Waals surface area contributed by atoms with Crippen LogP contribution in [0.15, 0.2) is 18.2 Å². The summed E-state index contributed by atoms with van der Waals surface area (Å²) in [7, 11) is 0. The molecule has 0 aliphatic carbocycles. The lowest BCUT2D eigenvalue weighted by atomic mass is 10.1. The fourth-order valence-corrected chi connectivity index (χ4v) is 1.18. The Morgan fingerprint density at radius 1 is 1.29 bits per heavy atom. The van der Waals surface area contributed by atoms with Crippen LogP contribution in [0.3, 0.4) is 0 Å². The highest BCUT2D eigenvalue weighted by molar-refractivity contribution is 6.32. The molecule has 0 bridgehead atoms. The molecule has 0 fully saturated rings. The molecule has 0 heterocycles. The van der Waals surface area contributed by atoms with Crippen molar-refractivity contribution in [3.63, 3.8) is 0 Å². The first-order chi connectivity index (χ1) is 7.71. The van der Waals surface area contributed by atoms with Gasteiger partial charge < -0.3 is 4.74 Å². The van der Waals surface area contributed by atoms with Gasteiger partial charge in [-0.3, -0.25) is 4.79 Å². The summed E-state index contributed by atoms with van der Waals surface area (Å²) < 4.78 is 39.7. The quantitative estimate of drug-likeness (QED) is 0.469. The van der Waals surface area contributed by atoms with E-state index in [1.54, 1.807) is 0 Å². The van der Waals surface area contributed by atoms with E-state index in [1.165, 1.54) is 13.0 Å². The Labute approximate surface area is 99.1 Å². The van der Waals surface area contributed by atoms with Crippen LogP contribution in [0.4, 0.5) is 13.2 Å². The molecule has 0 radical (unpaired) electrons. The number of ketones is 1. The third kappa shape index (κ3) is 3.45. The van der Waals surface area contributed by atoms with E-state index in [4.69, 9.17) is 11.6 Å². The van der Waals surface area contributed by atoms with E-state index >= 15 is 0 Å². The number of hydrogen-bond donors (Lipinski definition) is 0. The van der Waals surface area contributed by atoms with Crippen molar-refractivity contribution in [3.05, 3.63) is 28.8 Å². The van der Waals surface area contributed by atoms with E-state index in [2.05, 4.69) is 4.74 Å². The Hall–Kier alpha value is -1.56. The van der Waals surface area contributed by atoms with E-state index in [9.17, 15) is 22.8 Å². The molecule has 0 spiro atoms. The van der Waals surface area contributed by atoms with Gasteiger partial charge in [0.05, 0.1) is 5.02 Å². The summed E-state index contributed by atoms with van der Waals surface area (Å²) in [6.07, 6.45) is -5.09. The minimum absolute atomic E-state index is 0.210. The molecule has 92 valence electrons. The van der Waals surface area contributed by atoms with Crippen LogP contribution in [0.5, 0.6) is 5.75 Å². The van der Waals surface area contributed by atoms with Gasteiger partial charge in [-0.15, -0.1) is 0 Å². The zero-order chi connectivity index (χ0) is 13.2. The standard InChI is InChI=1S/C10H6ClF3O3/c1-5(15)6-2-3-8(7(11)4-6)17-9(16)10(12,13)14/h2-4H,1H3. The number of halogens is 4. The SMILES string of the molecule is CC(=O)c1ccc(OC(=O)C(F)(F)F)c(Cl)c1. The second-order valence-electron chi connectivity index (χ2n) is 3.09. The second-order valence-corrected chi connectivity index (χ2v) is 3.50. The van der Waals surface area contributed by atoms with Crippen LogP contribution in [0.25, 0.3) is 0 Å². The number of esters is 1. The average Bonchev–Trinajstić information content (AvgIpc) is 2.19. The van der Waals surface area contributed by atoms with Gasteiger partial charge in [0.15, 0.2) is 5.78 Å². The number of benzene rings is 1. The molecule has 0 atom stereocenters. The first kappa shape index (κ1) is 13.5. The highest BCUT2D eigenvalue weighted by Gasteiger charge is 2.41. The first-order valence-electron chi connectivity index (χ1n) is 4.31. The molecule has 0 amide bonds. The Bertz CT molecular complexity index is 468. The van der Waals surface area contributed by atoms with Crippen LogP contribution in [0.1, 0.15) is 17.3 Å². The molecule has 0 aliphatic heterocycles. The summed E-state index contributed by atoms with van der Waals surface area (Å²) in [6.45, 7) is 1.27. The maximum atomic E-state index is 11.9. The van der Waals surface area contributed by atoms with Crippen LogP contribution < -0.4 is 4.74 Å². The largest absolute Gasteiger partial charge is 0.491 e. The lowest BCUT2D eigenvalue weighted by molar-refractivity contribution is -0.189. The van der Waals surface area contributed by atoms with Crippen molar-refractivity contribution in [1.82, 2.24) is 0 Å². The highest BCUT2D eigenvalue weighted by atomic mass is 35.5. The smallest absolute Gasteiger partial charge is 0.418 e.